The fourth-order valence-electron chi connectivity index (χ4n) is 2.36. The Bertz CT molecular complexity index is 669. The molecule has 0 aromatic heterocycles. The van der Waals surface area contributed by atoms with Crippen molar-refractivity contribution in [2.75, 3.05) is 23.5 Å². The Hall–Kier alpha value is -1.46. The number of hydrogen-bond acceptors (Lipinski definition) is 3. The van der Waals surface area contributed by atoms with E-state index in [1.165, 1.54) is 28.0 Å². The summed E-state index contributed by atoms with van der Waals surface area (Å²) in [6.07, 6.45) is 0. The van der Waals surface area contributed by atoms with Crippen molar-refractivity contribution < 1.29 is 9.18 Å². The zero-order valence-electron chi connectivity index (χ0n) is 12.2. The molecule has 0 radical (unpaired) electrons. The van der Waals surface area contributed by atoms with Crippen LogP contribution in [0.4, 0.5) is 10.1 Å². The quantitative estimate of drug-likeness (QED) is 0.820. The van der Waals surface area contributed by atoms with Crippen LogP contribution in [0.3, 0.4) is 0 Å². The van der Waals surface area contributed by atoms with Crippen molar-refractivity contribution in [2.24, 2.45) is 0 Å². The zero-order valence-corrected chi connectivity index (χ0v) is 13.8. The van der Waals surface area contributed by atoms with Gasteiger partial charge in [0.15, 0.2) is 0 Å². The standard InChI is InChI=1S/C17H16FNOS2/c1-19(15-5-3-2-4-14(15)18)16(20)12-6-8-13(9-7-12)17-21-10-11-22-17/h2-9,17H,10-11H2,1H3. The Kier molecular flexibility index (Phi) is 4.74. The van der Waals surface area contributed by atoms with Crippen LogP contribution in [-0.2, 0) is 0 Å². The number of halogens is 1. The molecule has 2 aromatic rings. The molecule has 0 saturated carbocycles. The summed E-state index contributed by atoms with van der Waals surface area (Å²) in [5.41, 5.74) is 2.10. The van der Waals surface area contributed by atoms with Gasteiger partial charge in [-0.05, 0) is 29.8 Å². The summed E-state index contributed by atoms with van der Waals surface area (Å²) in [6.45, 7) is 0. The van der Waals surface area contributed by atoms with E-state index in [2.05, 4.69) is 0 Å². The molecule has 0 aliphatic carbocycles. The van der Waals surface area contributed by atoms with E-state index < -0.39 is 5.82 Å². The highest BCUT2D eigenvalue weighted by Gasteiger charge is 2.20. The van der Waals surface area contributed by atoms with Crippen molar-refractivity contribution in [1.29, 1.82) is 0 Å². The number of hydrogen-bond donors (Lipinski definition) is 0. The lowest BCUT2D eigenvalue weighted by molar-refractivity contribution is 0.0992. The van der Waals surface area contributed by atoms with Gasteiger partial charge in [-0.25, -0.2) is 4.39 Å². The van der Waals surface area contributed by atoms with Gasteiger partial charge in [0.2, 0.25) is 0 Å². The lowest BCUT2D eigenvalue weighted by Gasteiger charge is -2.18. The maximum absolute atomic E-state index is 13.8. The van der Waals surface area contributed by atoms with E-state index in [1.807, 2.05) is 47.8 Å². The molecule has 0 unspecified atom stereocenters. The van der Waals surface area contributed by atoms with Gasteiger partial charge in [0.1, 0.15) is 5.82 Å². The lowest BCUT2D eigenvalue weighted by atomic mass is 10.1. The molecule has 0 atom stereocenters. The number of carbonyl (C=O) groups excluding carboxylic acids is 1. The molecular weight excluding hydrogens is 317 g/mol. The molecule has 0 spiro atoms. The van der Waals surface area contributed by atoms with Gasteiger partial charge in [-0.3, -0.25) is 4.79 Å². The van der Waals surface area contributed by atoms with E-state index in [1.54, 1.807) is 25.2 Å². The summed E-state index contributed by atoms with van der Waals surface area (Å²) in [6, 6.07) is 14.0. The average Bonchev–Trinajstić information content (AvgIpc) is 3.09. The predicted octanol–water partition coefficient (Wildman–Crippen LogP) is 4.58. The smallest absolute Gasteiger partial charge is 0.258 e. The van der Waals surface area contributed by atoms with Crippen LogP contribution in [0.25, 0.3) is 0 Å². The van der Waals surface area contributed by atoms with Crippen LogP contribution >= 0.6 is 23.5 Å². The van der Waals surface area contributed by atoms with Gasteiger partial charge in [-0.1, -0.05) is 24.3 Å². The minimum atomic E-state index is -0.395. The van der Waals surface area contributed by atoms with E-state index >= 15 is 0 Å². The Balaban J connectivity index is 1.78. The summed E-state index contributed by atoms with van der Waals surface area (Å²) < 4.78 is 14.3. The first-order valence-electron chi connectivity index (χ1n) is 7.02. The van der Waals surface area contributed by atoms with E-state index in [4.69, 9.17) is 0 Å². The molecule has 1 heterocycles. The van der Waals surface area contributed by atoms with Crippen molar-refractivity contribution >= 4 is 35.1 Å². The van der Waals surface area contributed by atoms with Crippen molar-refractivity contribution in [1.82, 2.24) is 0 Å². The molecule has 1 aliphatic rings. The lowest BCUT2D eigenvalue weighted by Crippen LogP contribution is -2.27. The SMILES string of the molecule is CN(C(=O)c1ccc(C2SCCS2)cc1)c1ccccc1F. The third-order valence-electron chi connectivity index (χ3n) is 3.57. The highest BCUT2D eigenvalue weighted by molar-refractivity contribution is 8.19. The minimum absolute atomic E-state index is 0.205. The Morgan fingerprint density at radius 3 is 2.36 bits per heavy atom. The summed E-state index contributed by atoms with van der Waals surface area (Å²) in [4.78, 5) is 13.8. The minimum Gasteiger partial charge on any atom is -0.309 e. The molecule has 1 saturated heterocycles. The monoisotopic (exact) mass is 333 g/mol. The van der Waals surface area contributed by atoms with Crippen LogP contribution in [-0.4, -0.2) is 24.5 Å². The van der Waals surface area contributed by atoms with Crippen LogP contribution in [0.5, 0.6) is 0 Å². The van der Waals surface area contributed by atoms with Gasteiger partial charge in [-0.2, -0.15) is 0 Å². The number of anilines is 1. The Morgan fingerprint density at radius 2 is 1.73 bits per heavy atom. The highest BCUT2D eigenvalue weighted by Crippen LogP contribution is 2.45. The average molecular weight is 333 g/mol. The van der Waals surface area contributed by atoms with Crippen LogP contribution in [0.15, 0.2) is 48.5 Å². The van der Waals surface area contributed by atoms with Crippen LogP contribution in [0, 0.1) is 5.82 Å². The largest absolute Gasteiger partial charge is 0.309 e. The van der Waals surface area contributed by atoms with E-state index in [0.29, 0.717) is 15.8 Å². The summed E-state index contributed by atoms with van der Waals surface area (Å²) >= 11 is 3.87. The number of thioether (sulfide) groups is 2. The number of benzene rings is 2. The molecule has 3 rings (SSSR count). The van der Waals surface area contributed by atoms with E-state index in [0.717, 1.165) is 0 Å². The van der Waals surface area contributed by atoms with Gasteiger partial charge in [0, 0.05) is 24.1 Å². The first-order chi connectivity index (χ1) is 10.7. The molecule has 1 amide bonds. The Labute approximate surface area is 138 Å². The second-order valence-electron chi connectivity index (χ2n) is 5.01. The first-order valence-corrected chi connectivity index (χ1v) is 9.12. The van der Waals surface area contributed by atoms with E-state index in [-0.39, 0.29) is 5.91 Å². The number of para-hydroxylation sites is 1. The summed E-state index contributed by atoms with van der Waals surface area (Å²) in [7, 11) is 1.59. The molecule has 1 fully saturated rings. The van der Waals surface area contributed by atoms with Gasteiger partial charge in [0.05, 0.1) is 10.3 Å². The maximum Gasteiger partial charge on any atom is 0.258 e. The van der Waals surface area contributed by atoms with Crippen LogP contribution in [0.2, 0.25) is 0 Å². The zero-order chi connectivity index (χ0) is 15.5. The van der Waals surface area contributed by atoms with Crippen molar-refractivity contribution in [3.8, 4) is 0 Å². The summed E-state index contributed by atoms with van der Waals surface area (Å²) in [5, 5.41) is 0. The maximum atomic E-state index is 13.8. The van der Waals surface area contributed by atoms with E-state index in [9.17, 15) is 9.18 Å². The molecule has 0 N–H and O–H groups in total. The van der Waals surface area contributed by atoms with Crippen molar-refractivity contribution in [3.05, 3.63) is 65.5 Å². The molecule has 22 heavy (non-hydrogen) atoms. The van der Waals surface area contributed by atoms with Gasteiger partial charge >= 0.3 is 0 Å². The second-order valence-corrected chi connectivity index (χ2v) is 7.74. The van der Waals surface area contributed by atoms with Crippen molar-refractivity contribution in [2.45, 2.75) is 4.58 Å². The topological polar surface area (TPSA) is 20.3 Å². The molecule has 114 valence electrons. The molecule has 2 aromatic carbocycles. The van der Waals surface area contributed by atoms with Gasteiger partial charge in [-0.15, -0.1) is 23.5 Å². The fourth-order valence-corrected chi connectivity index (χ4v) is 5.22. The number of nitrogens with zero attached hydrogens (tertiary/aromatic N) is 1. The third kappa shape index (κ3) is 3.15. The summed E-state index contributed by atoms with van der Waals surface area (Å²) in [5.74, 6) is 1.75. The Morgan fingerprint density at radius 1 is 1.09 bits per heavy atom. The molecular formula is C17H16FNOS2. The number of carbonyl (C=O) groups is 1. The first kappa shape index (κ1) is 15.4. The number of rotatable bonds is 3. The normalized spacial score (nSPS) is 15.0. The van der Waals surface area contributed by atoms with Crippen molar-refractivity contribution in [3.63, 3.8) is 0 Å². The van der Waals surface area contributed by atoms with Crippen LogP contribution < -0.4 is 4.90 Å². The third-order valence-corrected chi connectivity index (χ3v) is 6.67. The predicted molar refractivity (Wildman–Crippen MR) is 93.2 cm³/mol. The van der Waals surface area contributed by atoms with Crippen LogP contribution in [0.1, 0.15) is 20.5 Å². The van der Waals surface area contributed by atoms with Gasteiger partial charge in [0.25, 0.3) is 5.91 Å². The molecule has 1 aliphatic heterocycles. The number of amides is 1. The molecule has 2 nitrogen and oxygen atoms in total. The molecule has 0 bridgehead atoms. The highest BCUT2D eigenvalue weighted by atomic mass is 32.2. The molecule has 5 heteroatoms. The van der Waals surface area contributed by atoms with Gasteiger partial charge < -0.3 is 4.90 Å². The fraction of sp³-hybridized carbons (Fsp3) is 0.235. The second kappa shape index (κ2) is 6.75.